The molecule has 43 heavy (non-hydrogen) atoms. The number of nitrogens with zero attached hydrogens (tertiary/aromatic N) is 3. The molecule has 0 aliphatic carbocycles. The lowest BCUT2D eigenvalue weighted by atomic mass is 9.83. The van der Waals surface area contributed by atoms with Crippen LogP contribution in [0.5, 0.6) is 17.5 Å². The molecule has 9 nitrogen and oxygen atoms in total. The Morgan fingerprint density at radius 2 is 1.84 bits per heavy atom. The largest absolute Gasteiger partial charge is 0.494 e. The first-order valence-corrected chi connectivity index (χ1v) is 12.8. The molecule has 0 radical (unpaired) electrons. The Balaban J connectivity index is 1.55. The number of halogens is 5. The third kappa shape index (κ3) is 5.26. The predicted molar refractivity (Wildman–Crippen MR) is 143 cm³/mol. The van der Waals surface area contributed by atoms with E-state index in [0.717, 1.165) is 18.2 Å². The number of hydrogen-bond donors (Lipinski definition) is 2. The minimum absolute atomic E-state index is 0.0196. The van der Waals surface area contributed by atoms with E-state index >= 15 is 0 Å². The summed E-state index contributed by atoms with van der Waals surface area (Å²) in [4.78, 5) is 25.3. The Kier molecular flexibility index (Phi) is 7.59. The van der Waals surface area contributed by atoms with Gasteiger partial charge in [0.2, 0.25) is 5.60 Å². The fourth-order valence-electron chi connectivity index (χ4n) is 4.69. The van der Waals surface area contributed by atoms with Gasteiger partial charge in [0, 0.05) is 28.3 Å². The van der Waals surface area contributed by atoms with Gasteiger partial charge in [-0.25, -0.2) is 18.7 Å². The van der Waals surface area contributed by atoms with Crippen LogP contribution in [0.3, 0.4) is 0 Å². The third-order valence-corrected chi connectivity index (χ3v) is 7.26. The van der Waals surface area contributed by atoms with Crippen LogP contribution >= 0.6 is 0 Å². The number of rotatable bonds is 8. The van der Waals surface area contributed by atoms with Crippen LogP contribution in [-0.2, 0) is 11.0 Å². The fourth-order valence-corrected chi connectivity index (χ4v) is 4.69. The third-order valence-electron chi connectivity index (χ3n) is 7.26. The van der Waals surface area contributed by atoms with Gasteiger partial charge in [-0.3, -0.25) is 4.79 Å². The second-order valence-electron chi connectivity index (χ2n) is 10.2. The monoisotopic (exact) mass is 604 g/mol. The Bertz CT molecular complexity index is 1700. The molecule has 0 saturated carbocycles. The van der Waals surface area contributed by atoms with Crippen molar-refractivity contribution >= 4 is 16.8 Å². The summed E-state index contributed by atoms with van der Waals surface area (Å²) in [6, 6.07) is 8.27. The van der Waals surface area contributed by atoms with E-state index in [4.69, 9.17) is 14.2 Å². The van der Waals surface area contributed by atoms with Crippen molar-refractivity contribution in [2.24, 2.45) is 0 Å². The zero-order valence-electron chi connectivity index (χ0n) is 23.1. The van der Waals surface area contributed by atoms with Crippen molar-refractivity contribution in [2.45, 2.75) is 24.1 Å². The molecule has 1 amide bonds. The number of methoxy groups -OCH3 is 2. The normalized spacial score (nSPS) is 17.6. The second-order valence-corrected chi connectivity index (χ2v) is 10.2. The molecule has 226 valence electrons. The summed E-state index contributed by atoms with van der Waals surface area (Å²) in [5, 5.41) is 13.6. The van der Waals surface area contributed by atoms with E-state index in [9.17, 15) is 31.9 Å². The van der Waals surface area contributed by atoms with E-state index in [-0.39, 0.29) is 46.5 Å². The molecule has 2 atom stereocenters. The van der Waals surface area contributed by atoms with E-state index < -0.39 is 47.8 Å². The van der Waals surface area contributed by atoms with Crippen LogP contribution in [0.15, 0.2) is 48.7 Å². The van der Waals surface area contributed by atoms with Crippen LogP contribution in [0.1, 0.15) is 28.5 Å². The van der Waals surface area contributed by atoms with Gasteiger partial charge in [-0.1, -0.05) is 0 Å². The molecule has 0 saturated heterocycles. The van der Waals surface area contributed by atoms with E-state index in [0.29, 0.717) is 10.9 Å². The molecular formula is C29H25F5N4O5. The van der Waals surface area contributed by atoms with Crippen LogP contribution in [0.25, 0.3) is 22.2 Å². The maximum Gasteiger partial charge on any atom is 0.424 e. The van der Waals surface area contributed by atoms with Gasteiger partial charge in [0.05, 0.1) is 31.9 Å². The van der Waals surface area contributed by atoms with Gasteiger partial charge in [-0.2, -0.15) is 18.2 Å². The summed E-state index contributed by atoms with van der Waals surface area (Å²) < 4.78 is 87.5. The van der Waals surface area contributed by atoms with Crippen molar-refractivity contribution in [1.29, 1.82) is 0 Å². The van der Waals surface area contributed by atoms with E-state index in [1.807, 2.05) is 0 Å². The molecule has 14 heteroatoms. The van der Waals surface area contributed by atoms with Gasteiger partial charge in [-0.05, 0) is 49.4 Å². The Morgan fingerprint density at radius 3 is 2.47 bits per heavy atom. The minimum atomic E-state index is -5.35. The fraction of sp³-hybridized carbons (Fsp3) is 0.310. The Hall–Kier alpha value is -4.59. The summed E-state index contributed by atoms with van der Waals surface area (Å²) in [7, 11) is 2.68. The number of nitrogens with one attached hydrogen (secondary N) is 1. The molecular weight excluding hydrogens is 579 g/mol. The van der Waals surface area contributed by atoms with Gasteiger partial charge in [0.15, 0.2) is 0 Å². The summed E-state index contributed by atoms with van der Waals surface area (Å²) in [6.45, 7) is -1.07. The highest BCUT2D eigenvalue weighted by atomic mass is 19.4. The van der Waals surface area contributed by atoms with Gasteiger partial charge in [0.25, 0.3) is 5.91 Å². The Labute approximate surface area is 241 Å². The van der Waals surface area contributed by atoms with Crippen LogP contribution in [0.4, 0.5) is 22.0 Å². The number of benzene rings is 2. The number of aromatic nitrogens is 3. The molecule has 0 spiro atoms. The van der Waals surface area contributed by atoms with Crippen molar-refractivity contribution in [2.75, 3.05) is 34.0 Å². The number of aliphatic hydroxyl groups is 1. The number of carbonyl (C=O) groups excluding carboxylic acids is 1. The first-order chi connectivity index (χ1) is 20.3. The van der Waals surface area contributed by atoms with Gasteiger partial charge < -0.3 is 24.6 Å². The van der Waals surface area contributed by atoms with Crippen molar-refractivity contribution in [3.8, 4) is 28.8 Å². The highest BCUT2D eigenvalue weighted by Gasteiger charge is 2.57. The van der Waals surface area contributed by atoms with Crippen molar-refractivity contribution in [3.63, 3.8) is 0 Å². The molecule has 1 aliphatic rings. The lowest BCUT2D eigenvalue weighted by Crippen LogP contribution is -2.51. The summed E-state index contributed by atoms with van der Waals surface area (Å²) in [5.41, 5.74) is -5.69. The van der Waals surface area contributed by atoms with E-state index in [1.165, 1.54) is 51.6 Å². The van der Waals surface area contributed by atoms with E-state index in [2.05, 4.69) is 20.3 Å². The number of hydrogen-bond acceptors (Lipinski definition) is 8. The average molecular weight is 605 g/mol. The number of pyridine rings is 1. The smallest absolute Gasteiger partial charge is 0.424 e. The standard InChI is InChI=1S/C29H25F5N4O5/c1-27(12-30)14-43-24-19(27)10-21(37-23(24)15-4-6-18(31)7-5-15)28(40,29(32,33)34)13-36-25(39)16-8-17-11-35-26(42-3)38-22(17)20(9-16)41-2/h4-11,40H,12-14H2,1-3H3,(H,36,39). The SMILES string of the molecule is COc1ncc2cc(C(=O)NCC(O)(c3cc4c(c(-c5ccc(F)cc5)n3)OCC4(C)CF)C(F)(F)F)cc(OC)c2n1. The van der Waals surface area contributed by atoms with Crippen molar-refractivity contribution in [3.05, 3.63) is 71.3 Å². The summed E-state index contributed by atoms with van der Waals surface area (Å²) in [5.74, 6) is -1.43. The zero-order chi connectivity index (χ0) is 31.2. The molecule has 2 aromatic carbocycles. The maximum atomic E-state index is 14.6. The minimum Gasteiger partial charge on any atom is -0.494 e. The maximum absolute atomic E-state index is 14.6. The molecule has 2 N–H and O–H groups in total. The Morgan fingerprint density at radius 1 is 1.12 bits per heavy atom. The van der Waals surface area contributed by atoms with Gasteiger partial charge in [-0.15, -0.1) is 0 Å². The van der Waals surface area contributed by atoms with Gasteiger partial charge in [0.1, 0.15) is 41.8 Å². The second kappa shape index (κ2) is 10.9. The number of ether oxygens (including phenoxy) is 3. The first kappa shape index (κ1) is 29.9. The highest BCUT2D eigenvalue weighted by molar-refractivity contribution is 5.99. The van der Waals surface area contributed by atoms with Crippen molar-refractivity contribution in [1.82, 2.24) is 20.3 Å². The van der Waals surface area contributed by atoms with Crippen LogP contribution < -0.4 is 19.5 Å². The quantitative estimate of drug-likeness (QED) is 0.280. The van der Waals surface area contributed by atoms with Crippen LogP contribution in [-0.4, -0.2) is 66.2 Å². The number of alkyl halides is 4. The predicted octanol–water partition coefficient (Wildman–Crippen LogP) is 4.65. The highest BCUT2D eigenvalue weighted by Crippen LogP contribution is 2.48. The van der Waals surface area contributed by atoms with Crippen LogP contribution in [0, 0.1) is 5.82 Å². The molecule has 1 aliphatic heterocycles. The summed E-state index contributed by atoms with van der Waals surface area (Å²) in [6.07, 6.45) is -4.00. The number of carbonyl (C=O) groups is 1. The average Bonchev–Trinajstić information content (AvgIpc) is 3.34. The lowest BCUT2D eigenvalue weighted by Gasteiger charge is -2.31. The lowest BCUT2D eigenvalue weighted by molar-refractivity contribution is -0.265. The number of fused-ring (bicyclic) bond motifs is 2. The van der Waals surface area contributed by atoms with Gasteiger partial charge >= 0.3 is 12.2 Å². The topological polar surface area (TPSA) is 116 Å². The molecule has 5 rings (SSSR count). The van der Waals surface area contributed by atoms with Crippen LogP contribution in [0.2, 0.25) is 0 Å². The number of amides is 1. The molecule has 3 heterocycles. The molecule has 0 bridgehead atoms. The van der Waals surface area contributed by atoms with Crippen molar-refractivity contribution < 1.29 is 46.1 Å². The summed E-state index contributed by atoms with van der Waals surface area (Å²) >= 11 is 0. The zero-order valence-corrected chi connectivity index (χ0v) is 23.1. The first-order valence-electron chi connectivity index (χ1n) is 12.8. The van der Waals surface area contributed by atoms with E-state index in [1.54, 1.807) is 0 Å². The molecule has 2 unspecified atom stereocenters. The molecule has 2 aromatic heterocycles. The molecule has 0 fully saturated rings. The molecule has 4 aromatic rings.